The summed E-state index contributed by atoms with van der Waals surface area (Å²) in [4.78, 5) is 0. The first-order valence-electron chi connectivity index (χ1n) is 4.83. The second-order valence-electron chi connectivity index (χ2n) is 3.51. The number of hydrogen-bond acceptors (Lipinski definition) is 3. The van der Waals surface area contributed by atoms with Gasteiger partial charge in [0.25, 0.3) is 0 Å². The molecule has 2 rings (SSSR count). The van der Waals surface area contributed by atoms with Gasteiger partial charge in [0.05, 0.1) is 4.47 Å². The molecule has 0 fully saturated rings. The molecule has 17 heavy (non-hydrogen) atoms. The molecule has 0 spiro atoms. The maximum Gasteiger partial charge on any atom is 0.141 e. The first kappa shape index (κ1) is 12.3. The van der Waals surface area contributed by atoms with Crippen LogP contribution in [0, 0.1) is 0 Å². The third kappa shape index (κ3) is 3.14. The Balaban J connectivity index is 2.31. The lowest BCUT2D eigenvalue weighted by atomic mass is 10.3. The largest absolute Gasteiger partial charge is 0.456 e. The molecule has 0 bridgehead atoms. The van der Waals surface area contributed by atoms with Crippen LogP contribution in [0.5, 0.6) is 11.5 Å². The van der Waals surface area contributed by atoms with Gasteiger partial charge in [0, 0.05) is 21.9 Å². The first-order chi connectivity index (χ1) is 8.04. The second kappa shape index (κ2) is 4.98. The van der Waals surface area contributed by atoms with E-state index in [4.69, 9.17) is 16.2 Å². The van der Waals surface area contributed by atoms with Crippen molar-refractivity contribution < 1.29 is 4.74 Å². The molecule has 0 amide bonds. The molecule has 5 heteroatoms. The normalized spacial score (nSPS) is 10.2. The Labute approximate surface area is 116 Å². The third-order valence-electron chi connectivity index (χ3n) is 2.08. The minimum atomic E-state index is 0.640. The summed E-state index contributed by atoms with van der Waals surface area (Å²) in [5.41, 5.74) is 12.7. The molecule has 0 aliphatic rings. The van der Waals surface area contributed by atoms with Crippen molar-refractivity contribution in [3.05, 3.63) is 45.3 Å². The molecule has 0 unspecified atom stereocenters. The van der Waals surface area contributed by atoms with E-state index in [0.717, 1.165) is 8.95 Å². The lowest BCUT2D eigenvalue weighted by Crippen LogP contribution is -1.90. The number of hydrogen-bond donors (Lipinski definition) is 2. The van der Waals surface area contributed by atoms with E-state index in [1.54, 1.807) is 24.3 Å². The summed E-state index contributed by atoms with van der Waals surface area (Å²) in [6.45, 7) is 0. The number of halogens is 2. The molecule has 3 nitrogen and oxygen atoms in total. The monoisotopic (exact) mass is 356 g/mol. The van der Waals surface area contributed by atoms with E-state index in [1.165, 1.54) is 0 Å². The number of nitrogen functional groups attached to an aromatic ring is 2. The van der Waals surface area contributed by atoms with E-state index in [0.29, 0.717) is 22.9 Å². The van der Waals surface area contributed by atoms with Gasteiger partial charge in [-0.3, -0.25) is 0 Å². The minimum absolute atomic E-state index is 0.640. The summed E-state index contributed by atoms with van der Waals surface area (Å²) in [7, 11) is 0. The molecule has 88 valence electrons. The minimum Gasteiger partial charge on any atom is -0.456 e. The predicted molar refractivity (Wildman–Crippen MR) is 77.2 cm³/mol. The zero-order chi connectivity index (χ0) is 12.4. The van der Waals surface area contributed by atoms with E-state index in [2.05, 4.69) is 31.9 Å². The van der Waals surface area contributed by atoms with E-state index in [1.807, 2.05) is 12.1 Å². The first-order valence-corrected chi connectivity index (χ1v) is 6.42. The van der Waals surface area contributed by atoms with Crippen molar-refractivity contribution in [2.75, 3.05) is 11.5 Å². The summed E-state index contributed by atoms with van der Waals surface area (Å²) in [6.07, 6.45) is 0. The molecule has 2 aromatic carbocycles. The Hall–Kier alpha value is -1.20. The summed E-state index contributed by atoms with van der Waals surface area (Å²) < 4.78 is 7.39. The van der Waals surface area contributed by atoms with Crippen LogP contribution in [0.25, 0.3) is 0 Å². The van der Waals surface area contributed by atoms with Crippen LogP contribution in [0.15, 0.2) is 45.3 Å². The highest BCUT2D eigenvalue weighted by molar-refractivity contribution is 9.10. The zero-order valence-corrected chi connectivity index (χ0v) is 12.0. The van der Waals surface area contributed by atoms with Gasteiger partial charge in [-0.15, -0.1) is 0 Å². The third-order valence-corrected chi connectivity index (χ3v) is 3.15. The molecule has 0 atom stereocenters. The maximum absolute atomic E-state index is 5.73. The highest BCUT2D eigenvalue weighted by Crippen LogP contribution is 2.33. The average molecular weight is 358 g/mol. The molecule has 2 aromatic rings. The van der Waals surface area contributed by atoms with Gasteiger partial charge in [0.15, 0.2) is 0 Å². The summed E-state index contributed by atoms with van der Waals surface area (Å²) in [5.74, 6) is 1.36. The van der Waals surface area contributed by atoms with Crippen molar-refractivity contribution >= 4 is 43.2 Å². The van der Waals surface area contributed by atoms with Gasteiger partial charge < -0.3 is 16.2 Å². The van der Waals surface area contributed by atoms with Crippen LogP contribution in [-0.2, 0) is 0 Å². The number of nitrogens with two attached hydrogens (primary N) is 2. The van der Waals surface area contributed by atoms with Gasteiger partial charge in [0.2, 0.25) is 0 Å². The Morgan fingerprint density at radius 2 is 1.65 bits per heavy atom. The quantitative estimate of drug-likeness (QED) is 0.793. The van der Waals surface area contributed by atoms with Crippen LogP contribution in [0.4, 0.5) is 11.4 Å². The molecule has 0 aromatic heterocycles. The van der Waals surface area contributed by atoms with E-state index < -0.39 is 0 Å². The van der Waals surface area contributed by atoms with Crippen molar-refractivity contribution in [3.63, 3.8) is 0 Å². The fourth-order valence-electron chi connectivity index (χ4n) is 1.37. The van der Waals surface area contributed by atoms with Gasteiger partial charge in [-0.2, -0.15) is 0 Å². The van der Waals surface area contributed by atoms with E-state index in [9.17, 15) is 0 Å². The lowest BCUT2D eigenvalue weighted by molar-refractivity contribution is 0.479. The lowest BCUT2D eigenvalue weighted by Gasteiger charge is -2.09. The van der Waals surface area contributed by atoms with Crippen molar-refractivity contribution in [1.82, 2.24) is 0 Å². The van der Waals surface area contributed by atoms with Crippen LogP contribution in [0.3, 0.4) is 0 Å². The molecule has 0 aliphatic heterocycles. The smallest absolute Gasteiger partial charge is 0.141 e. The van der Waals surface area contributed by atoms with Crippen LogP contribution >= 0.6 is 31.9 Å². The molecule has 0 aliphatic carbocycles. The summed E-state index contributed by atoms with van der Waals surface area (Å²) in [5, 5.41) is 0. The molecular weight excluding hydrogens is 348 g/mol. The van der Waals surface area contributed by atoms with Gasteiger partial charge in [-0.1, -0.05) is 15.9 Å². The molecule has 0 radical (unpaired) electrons. The van der Waals surface area contributed by atoms with Crippen LogP contribution < -0.4 is 16.2 Å². The van der Waals surface area contributed by atoms with Crippen molar-refractivity contribution in [2.24, 2.45) is 0 Å². The SMILES string of the molecule is Nc1cc(Br)cc(Oc2ccc(N)cc2Br)c1. The number of anilines is 2. The Morgan fingerprint density at radius 3 is 2.29 bits per heavy atom. The Kier molecular flexibility index (Phi) is 3.59. The van der Waals surface area contributed by atoms with Crippen LogP contribution in [-0.4, -0.2) is 0 Å². The Bertz CT molecular complexity index is 538. The van der Waals surface area contributed by atoms with Gasteiger partial charge in [0.1, 0.15) is 11.5 Å². The summed E-state index contributed by atoms with van der Waals surface area (Å²) in [6, 6.07) is 10.8. The molecular formula is C12H10Br2N2O. The number of rotatable bonds is 2. The van der Waals surface area contributed by atoms with Gasteiger partial charge in [-0.25, -0.2) is 0 Å². The summed E-state index contributed by atoms with van der Waals surface area (Å²) >= 11 is 6.76. The number of benzene rings is 2. The van der Waals surface area contributed by atoms with E-state index in [-0.39, 0.29) is 0 Å². The second-order valence-corrected chi connectivity index (χ2v) is 5.28. The standard InChI is InChI=1S/C12H10Br2N2O/c13-7-3-9(16)5-10(4-7)17-12-2-1-8(15)6-11(12)14/h1-6H,15-16H2. The topological polar surface area (TPSA) is 61.3 Å². The van der Waals surface area contributed by atoms with E-state index >= 15 is 0 Å². The molecule has 0 saturated carbocycles. The fraction of sp³-hybridized carbons (Fsp3) is 0. The highest BCUT2D eigenvalue weighted by atomic mass is 79.9. The molecule has 0 heterocycles. The highest BCUT2D eigenvalue weighted by Gasteiger charge is 2.04. The van der Waals surface area contributed by atoms with Crippen molar-refractivity contribution in [1.29, 1.82) is 0 Å². The zero-order valence-electron chi connectivity index (χ0n) is 8.78. The average Bonchev–Trinajstić information content (AvgIpc) is 2.21. The van der Waals surface area contributed by atoms with Gasteiger partial charge in [-0.05, 0) is 46.3 Å². The van der Waals surface area contributed by atoms with Crippen LogP contribution in [0.1, 0.15) is 0 Å². The number of ether oxygens (including phenoxy) is 1. The van der Waals surface area contributed by atoms with Crippen LogP contribution in [0.2, 0.25) is 0 Å². The molecule has 0 saturated heterocycles. The fourth-order valence-corrected chi connectivity index (χ4v) is 2.34. The Morgan fingerprint density at radius 1 is 0.882 bits per heavy atom. The van der Waals surface area contributed by atoms with Crippen molar-refractivity contribution in [2.45, 2.75) is 0 Å². The predicted octanol–water partition coefficient (Wildman–Crippen LogP) is 4.17. The molecule has 4 N–H and O–H groups in total. The van der Waals surface area contributed by atoms with Crippen molar-refractivity contribution in [3.8, 4) is 11.5 Å². The van der Waals surface area contributed by atoms with Gasteiger partial charge >= 0.3 is 0 Å². The maximum atomic E-state index is 5.73.